The molecule has 0 aliphatic rings. The van der Waals surface area contributed by atoms with Crippen molar-refractivity contribution in [2.24, 2.45) is 5.73 Å². The van der Waals surface area contributed by atoms with Gasteiger partial charge in [0, 0.05) is 22.2 Å². The first-order chi connectivity index (χ1) is 11.6. The molecular weight excluding hydrogens is 302 g/mol. The lowest BCUT2D eigenvalue weighted by molar-refractivity contribution is -0.117. The molecule has 0 spiro atoms. The smallest absolute Gasteiger partial charge is 0.251 e. The number of hydrogen-bond donors (Lipinski definition) is 3. The molecule has 0 aliphatic carbocycles. The predicted molar refractivity (Wildman–Crippen MR) is 93.5 cm³/mol. The molecule has 1 heterocycles. The summed E-state index contributed by atoms with van der Waals surface area (Å²) < 4.78 is 0. The number of fused-ring (bicyclic) bond motifs is 1. The van der Waals surface area contributed by atoms with Crippen LogP contribution in [0.25, 0.3) is 10.9 Å². The number of carbonyl (C=O) groups is 2. The van der Waals surface area contributed by atoms with E-state index in [0.29, 0.717) is 5.56 Å². The summed E-state index contributed by atoms with van der Waals surface area (Å²) in [6.45, 7) is 1.88. The number of amides is 2. The molecule has 1 unspecified atom stereocenters. The summed E-state index contributed by atoms with van der Waals surface area (Å²) >= 11 is 0. The van der Waals surface area contributed by atoms with E-state index in [4.69, 9.17) is 5.73 Å². The van der Waals surface area contributed by atoms with Crippen LogP contribution >= 0.6 is 0 Å². The van der Waals surface area contributed by atoms with Gasteiger partial charge in [-0.3, -0.25) is 9.59 Å². The largest absolute Gasteiger partial charge is 0.369 e. The fraction of sp³-hybridized carbons (Fsp3) is 0.158. The molecular formula is C19H19N3O2. The third kappa shape index (κ3) is 3.15. The zero-order valence-electron chi connectivity index (χ0n) is 13.4. The minimum atomic E-state index is -0.400. The number of hydrogen-bond acceptors (Lipinski definition) is 2. The number of carbonyl (C=O) groups excluding carboxylic acids is 2. The van der Waals surface area contributed by atoms with Gasteiger partial charge in [0.25, 0.3) is 5.91 Å². The molecule has 1 atom stereocenters. The number of nitrogens with one attached hydrogen (secondary N) is 2. The van der Waals surface area contributed by atoms with Crippen molar-refractivity contribution in [2.75, 3.05) is 0 Å². The molecule has 0 saturated carbocycles. The fourth-order valence-electron chi connectivity index (χ4n) is 2.90. The Labute approximate surface area is 139 Å². The Bertz CT molecular complexity index is 884. The van der Waals surface area contributed by atoms with Gasteiger partial charge >= 0.3 is 0 Å². The first-order valence-electron chi connectivity index (χ1n) is 7.80. The zero-order valence-corrected chi connectivity index (χ0v) is 13.4. The molecule has 4 N–H and O–H groups in total. The topological polar surface area (TPSA) is 88.0 Å². The maximum atomic E-state index is 12.4. The van der Waals surface area contributed by atoms with Crippen molar-refractivity contribution in [2.45, 2.75) is 19.4 Å². The van der Waals surface area contributed by atoms with E-state index in [1.165, 1.54) is 0 Å². The average Bonchev–Trinajstić information content (AvgIpc) is 2.94. The van der Waals surface area contributed by atoms with Gasteiger partial charge in [-0.15, -0.1) is 0 Å². The average molecular weight is 321 g/mol. The van der Waals surface area contributed by atoms with Crippen molar-refractivity contribution < 1.29 is 9.59 Å². The van der Waals surface area contributed by atoms with Crippen LogP contribution in [0.5, 0.6) is 0 Å². The van der Waals surface area contributed by atoms with Gasteiger partial charge in [-0.1, -0.05) is 36.4 Å². The number of nitrogens with two attached hydrogens (primary N) is 1. The molecule has 2 amide bonds. The first-order valence-corrected chi connectivity index (χ1v) is 7.80. The van der Waals surface area contributed by atoms with Crippen LogP contribution in [-0.2, 0) is 11.2 Å². The zero-order chi connectivity index (χ0) is 17.1. The van der Waals surface area contributed by atoms with Crippen molar-refractivity contribution >= 4 is 22.7 Å². The highest BCUT2D eigenvalue weighted by atomic mass is 16.2. The molecule has 5 nitrogen and oxygen atoms in total. The van der Waals surface area contributed by atoms with Gasteiger partial charge in [0.1, 0.15) is 0 Å². The van der Waals surface area contributed by atoms with Crippen molar-refractivity contribution in [3.05, 3.63) is 71.4 Å². The molecule has 0 saturated heterocycles. The van der Waals surface area contributed by atoms with Crippen molar-refractivity contribution in [1.29, 1.82) is 0 Å². The van der Waals surface area contributed by atoms with Gasteiger partial charge in [-0.2, -0.15) is 0 Å². The molecule has 3 rings (SSSR count). The number of benzene rings is 2. The molecule has 1 aromatic heterocycles. The van der Waals surface area contributed by atoms with Crippen LogP contribution < -0.4 is 11.1 Å². The van der Waals surface area contributed by atoms with Crippen LogP contribution in [0.2, 0.25) is 0 Å². The predicted octanol–water partition coefficient (Wildman–Crippen LogP) is 2.69. The normalized spacial score (nSPS) is 12.0. The highest BCUT2D eigenvalue weighted by molar-refractivity contribution is 5.95. The molecule has 0 fully saturated rings. The van der Waals surface area contributed by atoms with Crippen LogP contribution in [-0.4, -0.2) is 16.8 Å². The minimum absolute atomic E-state index is 0.130. The lowest BCUT2D eigenvalue weighted by Crippen LogP contribution is -2.28. The maximum Gasteiger partial charge on any atom is 0.251 e. The van der Waals surface area contributed by atoms with Gasteiger partial charge in [0.15, 0.2) is 0 Å². The number of aromatic nitrogens is 1. The Morgan fingerprint density at radius 2 is 1.75 bits per heavy atom. The van der Waals surface area contributed by atoms with E-state index >= 15 is 0 Å². The lowest BCUT2D eigenvalue weighted by atomic mass is 10.0. The summed E-state index contributed by atoms with van der Waals surface area (Å²) in [6, 6.07) is 16.5. The third-order valence-corrected chi connectivity index (χ3v) is 4.01. The number of H-pyrrole nitrogens is 1. The van der Waals surface area contributed by atoms with E-state index in [9.17, 15) is 9.59 Å². The molecule has 0 bridgehead atoms. The second kappa shape index (κ2) is 6.58. The Balaban J connectivity index is 1.93. The van der Waals surface area contributed by atoms with Gasteiger partial charge in [-0.25, -0.2) is 0 Å². The standard InChI is InChI=1S/C19H19N3O2/c1-12(21-19(24)13-7-3-2-4-8-13)18-15(11-17(20)23)14-9-5-6-10-16(14)22-18/h2-10,12,22H,11H2,1H3,(H2,20,23)(H,21,24). The van der Waals surface area contributed by atoms with Crippen LogP contribution in [0.4, 0.5) is 0 Å². The third-order valence-electron chi connectivity index (χ3n) is 4.01. The second-order valence-electron chi connectivity index (χ2n) is 5.77. The SMILES string of the molecule is CC(NC(=O)c1ccccc1)c1[nH]c2ccccc2c1CC(N)=O. The van der Waals surface area contributed by atoms with Crippen LogP contribution in [0.15, 0.2) is 54.6 Å². The van der Waals surface area contributed by atoms with E-state index in [1.807, 2.05) is 49.4 Å². The monoisotopic (exact) mass is 321 g/mol. The summed E-state index contributed by atoms with van der Waals surface area (Å²) in [5.41, 5.74) is 8.55. The number of primary amides is 1. The molecule has 5 heteroatoms. The van der Waals surface area contributed by atoms with Gasteiger partial charge < -0.3 is 16.0 Å². The van der Waals surface area contributed by atoms with Crippen LogP contribution in [0.3, 0.4) is 0 Å². The summed E-state index contributed by atoms with van der Waals surface area (Å²) in [5.74, 6) is -0.561. The van der Waals surface area contributed by atoms with E-state index < -0.39 is 5.91 Å². The van der Waals surface area contributed by atoms with Crippen molar-refractivity contribution in [1.82, 2.24) is 10.3 Å². The number of aromatic amines is 1. The van der Waals surface area contributed by atoms with Crippen molar-refractivity contribution in [3.8, 4) is 0 Å². The van der Waals surface area contributed by atoms with E-state index in [1.54, 1.807) is 12.1 Å². The molecule has 122 valence electrons. The van der Waals surface area contributed by atoms with Gasteiger partial charge in [-0.05, 0) is 30.7 Å². The highest BCUT2D eigenvalue weighted by Gasteiger charge is 2.19. The lowest BCUT2D eigenvalue weighted by Gasteiger charge is -2.15. The molecule has 3 aromatic rings. The van der Waals surface area contributed by atoms with Gasteiger partial charge in [0.05, 0.1) is 12.5 Å². The molecule has 0 aliphatic heterocycles. The van der Waals surface area contributed by atoms with Gasteiger partial charge in [0.2, 0.25) is 5.91 Å². The van der Waals surface area contributed by atoms with E-state index in [-0.39, 0.29) is 18.4 Å². The summed E-state index contributed by atoms with van der Waals surface area (Å²) in [7, 11) is 0. The quantitative estimate of drug-likeness (QED) is 0.674. The first kappa shape index (κ1) is 15.8. The minimum Gasteiger partial charge on any atom is -0.369 e. The summed E-state index contributed by atoms with van der Waals surface area (Å²) in [4.78, 5) is 27.1. The molecule has 0 radical (unpaired) electrons. The van der Waals surface area contributed by atoms with E-state index in [0.717, 1.165) is 22.2 Å². The highest BCUT2D eigenvalue weighted by Crippen LogP contribution is 2.27. The number of rotatable bonds is 5. The Hall–Kier alpha value is -3.08. The fourth-order valence-corrected chi connectivity index (χ4v) is 2.90. The summed E-state index contributed by atoms with van der Waals surface area (Å²) in [5, 5.41) is 3.92. The maximum absolute atomic E-state index is 12.4. The van der Waals surface area contributed by atoms with Crippen molar-refractivity contribution in [3.63, 3.8) is 0 Å². The summed E-state index contributed by atoms with van der Waals surface area (Å²) in [6.07, 6.45) is 0.130. The van der Waals surface area contributed by atoms with Crippen LogP contribution in [0.1, 0.15) is 34.6 Å². The van der Waals surface area contributed by atoms with E-state index in [2.05, 4.69) is 10.3 Å². The number of para-hydroxylation sites is 1. The van der Waals surface area contributed by atoms with Crippen LogP contribution in [0, 0.1) is 0 Å². The Morgan fingerprint density at radius 1 is 1.08 bits per heavy atom. The Kier molecular flexibility index (Phi) is 4.33. The Morgan fingerprint density at radius 3 is 2.46 bits per heavy atom. The second-order valence-corrected chi connectivity index (χ2v) is 5.77. The molecule has 24 heavy (non-hydrogen) atoms. The molecule has 2 aromatic carbocycles.